The van der Waals surface area contributed by atoms with Crippen LogP contribution in [0.5, 0.6) is 0 Å². The fraction of sp³-hybridized carbons (Fsp3) is 0.312. The molecule has 0 unspecified atom stereocenters. The second-order valence-electron chi connectivity index (χ2n) is 5.24. The molecule has 1 N–H and O–H groups in total. The number of rotatable bonds is 5. The zero-order valence-corrected chi connectivity index (χ0v) is 14.2. The molecule has 1 heterocycles. The first-order valence-electron chi connectivity index (χ1n) is 6.91. The number of hydrogen-bond donors (Lipinski definition) is 1. The van der Waals surface area contributed by atoms with E-state index in [-0.39, 0.29) is 12.0 Å². The van der Waals surface area contributed by atoms with Gasteiger partial charge in [0.1, 0.15) is 10.8 Å². The van der Waals surface area contributed by atoms with Crippen LogP contribution in [0.25, 0.3) is 0 Å². The van der Waals surface area contributed by atoms with Crippen molar-refractivity contribution in [2.45, 2.75) is 26.6 Å². The Bertz CT molecular complexity index is 681. The van der Waals surface area contributed by atoms with Gasteiger partial charge in [-0.05, 0) is 37.6 Å². The van der Waals surface area contributed by atoms with Crippen LogP contribution in [0.15, 0.2) is 30.3 Å². The van der Waals surface area contributed by atoms with Crippen molar-refractivity contribution in [1.29, 1.82) is 0 Å². The van der Waals surface area contributed by atoms with Crippen molar-refractivity contribution in [3.8, 4) is 0 Å². The number of anilines is 1. The van der Waals surface area contributed by atoms with Gasteiger partial charge in [0.05, 0.1) is 17.7 Å². The minimum Gasteiger partial charge on any atom is -0.374 e. The average molecular weight is 341 g/mol. The largest absolute Gasteiger partial charge is 0.374 e. The Balaban J connectivity index is 2.11. The summed E-state index contributed by atoms with van der Waals surface area (Å²) in [6, 6.07) is 9.08. The fourth-order valence-electron chi connectivity index (χ4n) is 1.96. The summed E-state index contributed by atoms with van der Waals surface area (Å²) in [7, 11) is 1.69. The van der Waals surface area contributed by atoms with Crippen LogP contribution in [0.4, 0.5) is 5.69 Å². The molecule has 0 bridgehead atoms. The molecule has 22 heavy (non-hydrogen) atoms. The summed E-state index contributed by atoms with van der Waals surface area (Å²) in [6.45, 7) is 4.46. The maximum atomic E-state index is 12.3. The minimum absolute atomic E-state index is 0.158. The first kappa shape index (κ1) is 16.9. The Labute approximate surface area is 140 Å². The van der Waals surface area contributed by atoms with E-state index in [0.717, 1.165) is 5.56 Å². The zero-order valence-electron chi connectivity index (χ0n) is 12.7. The predicted octanol–water partition coefficient (Wildman–Crippen LogP) is 4.51. The Morgan fingerprint density at radius 2 is 2.05 bits per heavy atom. The molecule has 0 aliphatic heterocycles. The summed E-state index contributed by atoms with van der Waals surface area (Å²) in [5, 5.41) is 3.53. The second-order valence-corrected chi connectivity index (χ2v) is 6.01. The van der Waals surface area contributed by atoms with Crippen LogP contribution in [-0.2, 0) is 18.4 Å². The maximum absolute atomic E-state index is 12.3. The Hall–Kier alpha value is -1.49. The number of amides is 1. The van der Waals surface area contributed by atoms with Crippen molar-refractivity contribution in [3.05, 3.63) is 51.8 Å². The van der Waals surface area contributed by atoms with Gasteiger partial charge in [0, 0.05) is 12.7 Å². The molecule has 1 aromatic carbocycles. The topological polar surface area (TPSA) is 43.3 Å². The number of ether oxygens (including phenoxy) is 1. The quantitative estimate of drug-likeness (QED) is 0.870. The number of nitrogens with one attached hydrogen (secondary N) is 1. The molecule has 0 spiro atoms. The predicted molar refractivity (Wildman–Crippen MR) is 89.8 cm³/mol. The molecule has 0 atom stereocenters. The smallest absolute Gasteiger partial charge is 0.272 e. The van der Waals surface area contributed by atoms with Crippen molar-refractivity contribution in [1.82, 2.24) is 4.57 Å². The van der Waals surface area contributed by atoms with Gasteiger partial charge < -0.3 is 14.6 Å². The van der Waals surface area contributed by atoms with Crippen LogP contribution in [0.2, 0.25) is 10.2 Å². The number of nitrogens with zero attached hydrogens (tertiary/aromatic N) is 1. The molecule has 1 aromatic heterocycles. The molecule has 0 aliphatic carbocycles. The number of hydrogen-bond acceptors (Lipinski definition) is 2. The van der Waals surface area contributed by atoms with Crippen molar-refractivity contribution in [2.24, 2.45) is 7.05 Å². The summed E-state index contributed by atoms with van der Waals surface area (Å²) in [4.78, 5) is 12.3. The molecular formula is C16H18Cl2N2O2. The van der Waals surface area contributed by atoms with Gasteiger partial charge in [0.2, 0.25) is 0 Å². The van der Waals surface area contributed by atoms with Crippen LogP contribution >= 0.6 is 23.2 Å². The summed E-state index contributed by atoms with van der Waals surface area (Å²) in [5.74, 6) is -0.266. The van der Waals surface area contributed by atoms with E-state index in [2.05, 4.69) is 5.32 Å². The molecule has 0 radical (unpaired) electrons. The molecule has 1 amide bonds. The van der Waals surface area contributed by atoms with Gasteiger partial charge in [0.25, 0.3) is 5.91 Å². The highest BCUT2D eigenvalue weighted by Gasteiger charge is 2.15. The van der Waals surface area contributed by atoms with E-state index in [1.54, 1.807) is 17.7 Å². The van der Waals surface area contributed by atoms with Crippen molar-refractivity contribution in [3.63, 3.8) is 0 Å². The van der Waals surface area contributed by atoms with E-state index < -0.39 is 0 Å². The highest BCUT2D eigenvalue weighted by molar-refractivity contribution is 6.42. The van der Waals surface area contributed by atoms with Crippen molar-refractivity contribution >= 4 is 34.8 Å². The molecule has 6 heteroatoms. The van der Waals surface area contributed by atoms with Crippen LogP contribution in [0.3, 0.4) is 0 Å². The first-order valence-corrected chi connectivity index (χ1v) is 7.66. The van der Waals surface area contributed by atoms with E-state index in [1.165, 1.54) is 0 Å². The summed E-state index contributed by atoms with van der Waals surface area (Å²) < 4.78 is 7.11. The molecule has 0 fully saturated rings. The number of carbonyl (C=O) groups excluding carboxylic acids is 1. The van der Waals surface area contributed by atoms with Gasteiger partial charge in [-0.15, -0.1) is 0 Å². The molecule has 2 rings (SSSR count). The normalized spacial score (nSPS) is 11.0. The molecule has 0 aliphatic rings. The third-order valence-corrected chi connectivity index (χ3v) is 3.96. The summed E-state index contributed by atoms with van der Waals surface area (Å²) in [5.41, 5.74) is 2.09. The van der Waals surface area contributed by atoms with Crippen molar-refractivity contribution < 1.29 is 9.53 Å². The number of aromatic nitrogens is 1. The second kappa shape index (κ2) is 7.18. The summed E-state index contributed by atoms with van der Waals surface area (Å²) >= 11 is 11.9. The van der Waals surface area contributed by atoms with Gasteiger partial charge in [-0.25, -0.2) is 0 Å². The third kappa shape index (κ3) is 4.03. The SMILES string of the molecule is CC(C)OCc1cccc(NC(=O)c2cc(Cl)c(Cl)n2C)c1. The number of halogens is 2. The van der Waals surface area contributed by atoms with Gasteiger partial charge in [-0.3, -0.25) is 4.79 Å². The minimum atomic E-state index is -0.266. The summed E-state index contributed by atoms with van der Waals surface area (Å²) in [6.07, 6.45) is 0.158. The van der Waals surface area contributed by atoms with Gasteiger partial charge in [0.15, 0.2) is 0 Å². The van der Waals surface area contributed by atoms with E-state index in [1.807, 2.05) is 38.1 Å². The van der Waals surface area contributed by atoms with Gasteiger partial charge in [-0.1, -0.05) is 35.3 Å². The lowest BCUT2D eigenvalue weighted by molar-refractivity contribution is 0.0657. The highest BCUT2D eigenvalue weighted by atomic mass is 35.5. The first-order chi connectivity index (χ1) is 10.4. The lowest BCUT2D eigenvalue weighted by Gasteiger charge is -2.10. The monoisotopic (exact) mass is 340 g/mol. The van der Waals surface area contributed by atoms with Gasteiger partial charge in [-0.2, -0.15) is 0 Å². The number of benzene rings is 1. The van der Waals surface area contributed by atoms with Crippen LogP contribution in [0.1, 0.15) is 29.9 Å². The van der Waals surface area contributed by atoms with E-state index in [9.17, 15) is 4.79 Å². The molecular weight excluding hydrogens is 323 g/mol. The lowest BCUT2D eigenvalue weighted by Crippen LogP contribution is -2.15. The van der Waals surface area contributed by atoms with E-state index in [0.29, 0.717) is 28.2 Å². The Morgan fingerprint density at radius 1 is 1.32 bits per heavy atom. The lowest BCUT2D eigenvalue weighted by atomic mass is 10.2. The van der Waals surface area contributed by atoms with Gasteiger partial charge >= 0.3 is 0 Å². The molecule has 4 nitrogen and oxygen atoms in total. The number of carbonyl (C=O) groups is 1. The molecule has 118 valence electrons. The van der Waals surface area contributed by atoms with Crippen LogP contribution in [0, 0.1) is 0 Å². The molecule has 2 aromatic rings. The standard InChI is InChI=1S/C16H18Cl2N2O2/c1-10(2)22-9-11-5-4-6-12(7-11)19-16(21)14-8-13(17)15(18)20(14)3/h4-8,10H,9H2,1-3H3,(H,19,21). The average Bonchev–Trinajstić information content (AvgIpc) is 2.73. The third-order valence-electron chi connectivity index (χ3n) is 3.12. The van der Waals surface area contributed by atoms with E-state index in [4.69, 9.17) is 27.9 Å². The molecule has 0 saturated heterocycles. The zero-order chi connectivity index (χ0) is 16.3. The Morgan fingerprint density at radius 3 is 2.64 bits per heavy atom. The molecule has 0 saturated carbocycles. The van der Waals surface area contributed by atoms with E-state index >= 15 is 0 Å². The fourth-order valence-corrected chi connectivity index (χ4v) is 2.33. The Kier molecular flexibility index (Phi) is 5.51. The highest BCUT2D eigenvalue weighted by Crippen LogP contribution is 2.25. The van der Waals surface area contributed by atoms with Crippen LogP contribution < -0.4 is 5.32 Å². The van der Waals surface area contributed by atoms with Crippen molar-refractivity contribution in [2.75, 3.05) is 5.32 Å². The van der Waals surface area contributed by atoms with Crippen LogP contribution in [-0.4, -0.2) is 16.6 Å². The maximum Gasteiger partial charge on any atom is 0.272 e.